The van der Waals surface area contributed by atoms with Gasteiger partial charge in [-0.15, -0.1) is 0 Å². The predicted octanol–water partition coefficient (Wildman–Crippen LogP) is 2.88. The van der Waals surface area contributed by atoms with Gasteiger partial charge >= 0.3 is 0 Å². The van der Waals surface area contributed by atoms with Crippen molar-refractivity contribution in [1.29, 1.82) is 0 Å². The van der Waals surface area contributed by atoms with Crippen LogP contribution in [0.5, 0.6) is 0 Å². The molecule has 5 heteroatoms. The first-order valence-electron chi connectivity index (χ1n) is 6.85. The van der Waals surface area contributed by atoms with Crippen molar-refractivity contribution in [3.63, 3.8) is 0 Å². The highest BCUT2D eigenvalue weighted by molar-refractivity contribution is 5.62. The van der Waals surface area contributed by atoms with E-state index < -0.39 is 0 Å². The average molecular weight is 280 g/mol. The van der Waals surface area contributed by atoms with Crippen LogP contribution in [0.2, 0.25) is 0 Å². The van der Waals surface area contributed by atoms with Crippen molar-refractivity contribution in [3.05, 3.63) is 59.1 Å². The Balaban J connectivity index is 2.07. The molecule has 21 heavy (non-hydrogen) atoms. The van der Waals surface area contributed by atoms with Gasteiger partial charge in [0.25, 0.3) is 5.56 Å². The minimum absolute atomic E-state index is 0.170. The van der Waals surface area contributed by atoms with E-state index >= 15 is 0 Å². The molecule has 0 fully saturated rings. The Hall–Kier alpha value is -2.69. The van der Waals surface area contributed by atoms with Gasteiger partial charge in [0.15, 0.2) is 0 Å². The van der Waals surface area contributed by atoms with Crippen LogP contribution in [0.25, 0.3) is 22.6 Å². The highest BCUT2D eigenvalue weighted by Gasteiger charge is 2.09. The minimum atomic E-state index is -0.170. The third-order valence-corrected chi connectivity index (χ3v) is 3.22. The fourth-order valence-corrected chi connectivity index (χ4v) is 2.09. The lowest BCUT2D eigenvalue weighted by Crippen LogP contribution is -2.08. The molecule has 0 atom stereocenters. The second kappa shape index (κ2) is 5.36. The van der Waals surface area contributed by atoms with Gasteiger partial charge in [0, 0.05) is 23.9 Å². The highest BCUT2D eigenvalue weighted by Crippen LogP contribution is 2.19. The van der Waals surface area contributed by atoms with Gasteiger partial charge in [-0.25, -0.2) is 4.98 Å². The van der Waals surface area contributed by atoms with Gasteiger partial charge < -0.3 is 4.98 Å². The van der Waals surface area contributed by atoms with E-state index in [1.807, 2.05) is 55.1 Å². The number of rotatable bonds is 3. The van der Waals surface area contributed by atoms with Crippen LogP contribution in [0.1, 0.15) is 19.9 Å². The van der Waals surface area contributed by atoms with E-state index in [4.69, 9.17) is 0 Å². The summed E-state index contributed by atoms with van der Waals surface area (Å²) in [6, 6.07) is 11.4. The number of nitrogens with zero attached hydrogens (tertiary/aromatic N) is 3. The van der Waals surface area contributed by atoms with E-state index in [0.29, 0.717) is 11.5 Å². The van der Waals surface area contributed by atoms with E-state index in [-0.39, 0.29) is 11.6 Å². The van der Waals surface area contributed by atoms with Crippen LogP contribution < -0.4 is 5.56 Å². The lowest BCUT2D eigenvalue weighted by molar-refractivity contribution is 0.532. The molecule has 0 unspecified atom stereocenters. The molecule has 0 amide bonds. The molecule has 0 saturated carbocycles. The summed E-state index contributed by atoms with van der Waals surface area (Å²) in [5.74, 6) is 0.535. The topological polar surface area (TPSA) is 63.6 Å². The molecular weight excluding hydrogens is 264 g/mol. The zero-order valence-corrected chi connectivity index (χ0v) is 11.9. The number of benzene rings is 1. The molecule has 0 radical (unpaired) electrons. The summed E-state index contributed by atoms with van der Waals surface area (Å²) in [7, 11) is 0. The Kier molecular flexibility index (Phi) is 3.39. The number of aromatic amines is 1. The van der Waals surface area contributed by atoms with E-state index in [9.17, 15) is 4.79 Å². The van der Waals surface area contributed by atoms with Gasteiger partial charge in [-0.2, -0.15) is 5.10 Å². The molecule has 106 valence electrons. The van der Waals surface area contributed by atoms with Crippen LogP contribution in [0.3, 0.4) is 0 Å². The summed E-state index contributed by atoms with van der Waals surface area (Å²) in [4.78, 5) is 19.2. The van der Waals surface area contributed by atoms with Crippen molar-refractivity contribution in [2.24, 2.45) is 0 Å². The van der Waals surface area contributed by atoms with Crippen LogP contribution in [0.15, 0.2) is 53.6 Å². The minimum Gasteiger partial charge on any atom is -0.306 e. The number of nitrogens with one attached hydrogen (secondary N) is 1. The SMILES string of the molecule is CC(C)n1cc(-c2nc(-c3ccccc3)cc(=O)[nH]2)cn1. The van der Waals surface area contributed by atoms with Gasteiger partial charge in [0.05, 0.1) is 17.5 Å². The third-order valence-electron chi connectivity index (χ3n) is 3.22. The Morgan fingerprint density at radius 2 is 1.90 bits per heavy atom. The molecule has 3 rings (SSSR count). The smallest absolute Gasteiger partial charge is 0.251 e. The largest absolute Gasteiger partial charge is 0.306 e. The third kappa shape index (κ3) is 2.76. The standard InChI is InChI=1S/C16H16N4O/c1-11(2)20-10-13(9-17-20)16-18-14(8-15(21)19-16)12-6-4-3-5-7-12/h3-11H,1-2H3,(H,18,19,21). The number of hydrogen-bond acceptors (Lipinski definition) is 3. The van der Waals surface area contributed by atoms with E-state index in [1.54, 1.807) is 6.20 Å². The highest BCUT2D eigenvalue weighted by atomic mass is 16.1. The maximum atomic E-state index is 11.9. The van der Waals surface area contributed by atoms with Gasteiger partial charge in [0.2, 0.25) is 0 Å². The number of aromatic nitrogens is 4. The molecule has 0 saturated heterocycles. The molecule has 0 spiro atoms. The normalized spacial score (nSPS) is 11.0. The zero-order chi connectivity index (χ0) is 14.8. The molecule has 3 aromatic rings. The predicted molar refractivity (Wildman–Crippen MR) is 81.9 cm³/mol. The van der Waals surface area contributed by atoms with Crippen LogP contribution in [0.4, 0.5) is 0 Å². The lowest BCUT2D eigenvalue weighted by Gasteiger charge is -2.04. The molecule has 5 nitrogen and oxygen atoms in total. The Bertz CT molecular complexity index is 802. The summed E-state index contributed by atoms with van der Waals surface area (Å²) in [5.41, 5.74) is 2.21. The maximum Gasteiger partial charge on any atom is 0.251 e. The number of hydrogen-bond donors (Lipinski definition) is 1. The first-order valence-corrected chi connectivity index (χ1v) is 6.85. The molecule has 0 bridgehead atoms. The summed E-state index contributed by atoms with van der Waals surface area (Å²) < 4.78 is 1.84. The van der Waals surface area contributed by atoms with Crippen molar-refractivity contribution >= 4 is 0 Å². The Labute approximate surface area is 122 Å². The Morgan fingerprint density at radius 3 is 2.57 bits per heavy atom. The van der Waals surface area contributed by atoms with E-state index in [0.717, 1.165) is 11.1 Å². The first-order chi connectivity index (χ1) is 10.1. The first kappa shape index (κ1) is 13.3. The summed E-state index contributed by atoms with van der Waals surface area (Å²) in [6.45, 7) is 4.10. The monoisotopic (exact) mass is 280 g/mol. The fourth-order valence-electron chi connectivity index (χ4n) is 2.09. The summed E-state index contributed by atoms with van der Waals surface area (Å²) >= 11 is 0. The fraction of sp³-hybridized carbons (Fsp3) is 0.188. The zero-order valence-electron chi connectivity index (χ0n) is 11.9. The van der Waals surface area contributed by atoms with Crippen molar-refractivity contribution in [1.82, 2.24) is 19.7 Å². The molecule has 2 heterocycles. The molecule has 0 aliphatic heterocycles. The van der Waals surface area contributed by atoms with Crippen LogP contribution in [-0.4, -0.2) is 19.7 Å². The van der Waals surface area contributed by atoms with Crippen molar-refractivity contribution in [3.8, 4) is 22.6 Å². The molecule has 1 aromatic carbocycles. The van der Waals surface area contributed by atoms with Gasteiger partial charge in [0.1, 0.15) is 5.82 Å². The summed E-state index contributed by atoms with van der Waals surface area (Å²) in [6.07, 6.45) is 3.60. The maximum absolute atomic E-state index is 11.9. The lowest BCUT2D eigenvalue weighted by atomic mass is 10.1. The van der Waals surface area contributed by atoms with Crippen LogP contribution in [-0.2, 0) is 0 Å². The number of H-pyrrole nitrogens is 1. The van der Waals surface area contributed by atoms with Crippen molar-refractivity contribution in [2.75, 3.05) is 0 Å². The van der Waals surface area contributed by atoms with Crippen LogP contribution >= 0.6 is 0 Å². The van der Waals surface area contributed by atoms with Gasteiger partial charge in [-0.05, 0) is 13.8 Å². The summed E-state index contributed by atoms with van der Waals surface area (Å²) in [5, 5.41) is 4.28. The average Bonchev–Trinajstić information content (AvgIpc) is 2.98. The molecule has 0 aliphatic carbocycles. The molecular formula is C16H16N4O. The van der Waals surface area contributed by atoms with E-state index in [2.05, 4.69) is 15.1 Å². The van der Waals surface area contributed by atoms with Gasteiger partial charge in [-0.3, -0.25) is 9.48 Å². The van der Waals surface area contributed by atoms with Crippen LogP contribution in [0, 0.1) is 0 Å². The van der Waals surface area contributed by atoms with Crippen molar-refractivity contribution in [2.45, 2.75) is 19.9 Å². The second-order valence-electron chi connectivity index (χ2n) is 5.15. The van der Waals surface area contributed by atoms with Gasteiger partial charge in [-0.1, -0.05) is 30.3 Å². The second-order valence-corrected chi connectivity index (χ2v) is 5.15. The molecule has 2 aromatic heterocycles. The quantitative estimate of drug-likeness (QED) is 0.802. The van der Waals surface area contributed by atoms with E-state index in [1.165, 1.54) is 6.07 Å². The van der Waals surface area contributed by atoms with Crippen molar-refractivity contribution < 1.29 is 0 Å². The molecule has 1 N–H and O–H groups in total. The Morgan fingerprint density at radius 1 is 1.14 bits per heavy atom. The molecule has 0 aliphatic rings.